The number of hydrogen-bond acceptors (Lipinski definition) is 2. The third-order valence-electron chi connectivity index (χ3n) is 6.04. The molecule has 2 fully saturated rings. The van der Waals surface area contributed by atoms with Crippen LogP contribution in [0, 0.1) is 41.2 Å². The molecule has 1 aromatic rings. The van der Waals surface area contributed by atoms with Gasteiger partial charge in [-0.1, -0.05) is 25.2 Å². The van der Waals surface area contributed by atoms with Crippen molar-refractivity contribution in [2.75, 3.05) is 13.2 Å². The fourth-order valence-corrected chi connectivity index (χ4v) is 4.28. The summed E-state index contributed by atoms with van der Waals surface area (Å²) in [4.78, 5) is 0. The molecule has 1 heterocycles. The van der Waals surface area contributed by atoms with Crippen molar-refractivity contribution in [3.8, 4) is 11.8 Å². The molecule has 1 aromatic carbocycles. The van der Waals surface area contributed by atoms with Gasteiger partial charge in [0, 0.05) is 18.3 Å². The van der Waals surface area contributed by atoms with Crippen LogP contribution < -0.4 is 0 Å². The number of rotatable bonds is 6. The molecule has 0 spiro atoms. The lowest BCUT2D eigenvalue weighted by molar-refractivity contribution is -0.203. The van der Waals surface area contributed by atoms with Gasteiger partial charge in [0.25, 0.3) is 6.08 Å². The molecule has 3 rings (SSSR count). The van der Waals surface area contributed by atoms with E-state index in [4.69, 9.17) is 9.47 Å². The summed E-state index contributed by atoms with van der Waals surface area (Å²) in [5.41, 5.74) is 0.317. The molecule has 1 aliphatic heterocycles. The van der Waals surface area contributed by atoms with Crippen molar-refractivity contribution in [2.24, 2.45) is 17.8 Å². The number of benzene rings is 1. The zero-order chi connectivity index (χ0) is 22.2. The van der Waals surface area contributed by atoms with Crippen molar-refractivity contribution in [3.63, 3.8) is 0 Å². The van der Waals surface area contributed by atoms with Crippen LogP contribution in [0.3, 0.4) is 0 Å². The number of halogens is 4. The van der Waals surface area contributed by atoms with Crippen molar-refractivity contribution < 1.29 is 27.0 Å². The van der Waals surface area contributed by atoms with Crippen LogP contribution in [0.5, 0.6) is 0 Å². The second-order valence-corrected chi connectivity index (χ2v) is 8.56. The molecular weight excluding hydrogens is 408 g/mol. The van der Waals surface area contributed by atoms with Crippen LogP contribution in [0.1, 0.15) is 63.0 Å². The van der Waals surface area contributed by atoms with E-state index in [1.165, 1.54) is 12.1 Å². The molecule has 0 N–H and O–H groups in total. The van der Waals surface area contributed by atoms with E-state index in [0.717, 1.165) is 18.9 Å². The van der Waals surface area contributed by atoms with Gasteiger partial charge < -0.3 is 9.47 Å². The van der Waals surface area contributed by atoms with Crippen molar-refractivity contribution in [1.29, 1.82) is 0 Å². The number of hydrogen-bond donors (Lipinski definition) is 0. The molecule has 1 aliphatic carbocycles. The lowest BCUT2D eigenvalue weighted by Gasteiger charge is -2.29. The zero-order valence-corrected chi connectivity index (χ0v) is 17.9. The summed E-state index contributed by atoms with van der Waals surface area (Å²) in [6.45, 7) is 3.45. The quantitative estimate of drug-likeness (QED) is 0.367. The van der Waals surface area contributed by atoms with Gasteiger partial charge in [0.15, 0.2) is 6.29 Å². The van der Waals surface area contributed by atoms with Gasteiger partial charge in [-0.3, -0.25) is 0 Å². The third kappa shape index (κ3) is 7.36. The summed E-state index contributed by atoms with van der Waals surface area (Å²) in [5.74, 6) is 4.49. The van der Waals surface area contributed by atoms with Crippen molar-refractivity contribution >= 4 is 0 Å². The van der Waals surface area contributed by atoms with E-state index in [2.05, 4.69) is 18.8 Å². The average Bonchev–Trinajstić information content (AvgIpc) is 2.74. The molecule has 31 heavy (non-hydrogen) atoms. The van der Waals surface area contributed by atoms with E-state index in [0.29, 0.717) is 63.2 Å². The van der Waals surface area contributed by atoms with Crippen LogP contribution in [0.4, 0.5) is 17.6 Å². The smallest absolute Gasteiger partial charge is 0.266 e. The lowest BCUT2D eigenvalue weighted by Crippen LogP contribution is -2.32. The van der Waals surface area contributed by atoms with E-state index < -0.39 is 17.7 Å². The van der Waals surface area contributed by atoms with Gasteiger partial charge in [-0.15, -0.1) is 0 Å². The maximum Gasteiger partial charge on any atom is 0.266 e. The van der Waals surface area contributed by atoms with Gasteiger partial charge >= 0.3 is 0 Å². The minimum absolute atomic E-state index is 0.0251. The highest BCUT2D eigenvalue weighted by molar-refractivity contribution is 5.39. The minimum atomic E-state index is -1.65. The summed E-state index contributed by atoms with van der Waals surface area (Å²) < 4.78 is 65.1. The maximum absolute atomic E-state index is 14.5. The van der Waals surface area contributed by atoms with Crippen LogP contribution in [0.15, 0.2) is 24.3 Å². The largest absolute Gasteiger partial charge is 0.352 e. The van der Waals surface area contributed by atoms with E-state index in [-0.39, 0.29) is 23.7 Å². The Balaban J connectivity index is 1.52. The molecule has 2 nitrogen and oxygen atoms in total. The maximum atomic E-state index is 14.5. The topological polar surface area (TPSA) is 18.5 Å². The van der Waals surface area contributed by atoms with E-state index in [9.17, 15) is 17.6 Å². The third-order valence-corrected chi connectivity index (χ3v) is 6.04. The second-order valence-electron chi connectivity index (χ2n) is 8.56. The van der Waals surface area contributed by atoms with Crippen molar-refractivity contribution in [3.05, 3.63) is 47.1 Å². The van der Waals surface area contributed by atoms with Crippen LogP contribution >= 0.6 is 0 Å². The number of ether oxygens (including phenoxy) is 2. The predicted molar refractivity (Wildman–Crippen MR) is 111 cm³/mol. The Bertz CT molecular complexity index is 784. The monoisotopic (exact) mass is 438 g/mol. The molecular formula is C25H30F4O2. The van der Waals surface area contributed by atoms with Crippen LogP contribution in [0.25, 0.3) is 0 Å². The molecule has 2 aliphatic rings. The van der Waals surface area contributed by atoms with Crippen LogP contribution in [-0.2, 0) is 15.9 Å². The lowest BCUT2D eigenvalue weighted by atomic mass is 9.82. The molecule has 6 heteroatoms. The molecule has 0 aromatic heterocycles. The summed E-state index contributed by atoms with van der Waals surface area (Å²) in [5, 5.41) is 0. The summed E-state index contributed by atoms with van der Waals surface area (Å²) in [7, 11) is 0. The second kappa shape index (κ2) is 11.7. The fourth-order valence-electron chi connectivity index (χ4n) is 4.28. The Morgan fingerprint density at radius 3 is 2.26 bits per heavy atom. The first-order chi connectivity index (χ1) is 14.9. The predicted octanol–water partition coefficient (Wildman–Crippen LogP) is 6.62. The molecule has 0 radical (unpaired) electrons. The van der Waals surface area contributed by atoms with Gasteiger partial charge in [-0.2, -0.15) is 8.78 Å². The van der Waals surface area contributed by atoms with Gasteiger partial charge in [0.2, 0.25) is 0 Å². The highest BCUT2D eigenvalue weighted by Crippen LogP contribution is 2.30. The first-order valence-corrected chi connectivity index (χ1v) is 11.2. The van der Waals surface area contributed by atoms with E-state index in [1.807, 2.05) is 0 Å². The molecule has 170 valence electrons. The van der Waals surface area contributed by atoms with Gasteiger partial charge in [-0.25, -0.2) is 8.78 Å². The summed E-state index contributed by atoms with van der Waals surface area (Å²) in [6.07, 6.45) is 4.70. The summed E-state index contributed by atoms with van der Waals surface area (Å²) in [6, 6.07) is 2.64. The molecule has 0 atom stereocenters. The minimum Gasteiger partial charge on any atom is -0.352 e. The highest BCUT2D eigenvalue weighted by Gasteiger charge is 2.22. The Labute approximate surface area is 182 Å². The highest BCUT2D eigenvalue weighted by atomic mass is 19.3. The zero-order valence-electron chi connectivity index (χ0n) is 17.9. The first kappa shape index (κ1) is 23.8. The van der Waals surface area contributed by atoms with Gasteiger partial charge in [-0.05, 0) is 68.2 Å². The van der Waals surface area contributed by atoms with Crippen molar-refractivity contribution in [1.82, 2.24) is 0 Å². The molecule has 0 bridgehead atoms. The molecule has 1 saturated carbocycles. The standard InChI is InChI=1S/C25H30F4O2/c1-2-3-20-15-30-25(31-16-20)11-9-19-12-22(26)21(23(27)13-19)10-8-17-4-6-18(7-5-17)14-24(28)29/h12-14,17-18,20,25H,2-7,9,11,15-16H2,1H3/t17-,18-,20-,25-. The van der Waals surface area contributed by atoms with Gasteiger partial charge in [0.05, 0.1) is 18.8 Å². The fraction of sp³-hybridized carbons (Fsp3) is 0.600. The Morgan fingerprint density at radius 1 is 1.03 bits per heavy atom. The molecule has 1 saturated heterocycles. The van der Waals surface area contributed by atoms with E-state index in [1.54, 1.807) is 0 Å². The Hall–Kier alpha value is -1.84. The van der Waals surface area contributed by atoms with Crippen LogP contribution in [-0.4, -0.2) is 19.5 Å². The Morgan fingerprint density at radius 2 is 1.68 bits per heavy atom. The summed E-state index contributed by atoms with van der Waals surface area (Å²) >= 11 is 0. The van der Waals surface area contributed by atoms with Crippen molar-refractivity contribution in [2.45, 2.75) is 64.6 Å². The first-order valence-electron chi connectivity index (χ1n) is 11.2. The average molecular weight is 439 g/mol. The SMILES string of the molecule is CCC[C@H]1CO[C@H](CCc2cc(F)c(C#C[C@H]3CC[C@H](C=C(F)F)CC3)c(F)c2)OC1. The van der Waals surface area contributed by atoms with Gasteiger partial charge in [0.1, 0.15) is 11.6 Å². The number of aryl methyl sites for hydroxylation is 1. The Kier molecular flexibility index (Phi) is 8.98. The molecule has 0 amide bonds. The number of allylic oxidation sites excluding steroid dienone is 1. The van der Waals surface area contributed by atoms with E-state index >= 15 is 0 Å². The van der Waals surface area contributed by atoms with Crippen LogP contribution in [0.2, 0.25) is 0 Å². The molecule has 0 unspecified atom stereocenters. The normalized spacial score (nSPS) is 26.1.